The van der Waals surface area contributed by atoms with Crippen LogP contribution in [-0.2, 0) is 25.5 Å². The number of rotatable bonds is 9. The van der Waals surface area contributed by atoms with E-state index in [4.69, 9.17) is 18.9 Å². The average molecular weight is 401 g/mol. The van der Waals surface area contributed by atoms with Gasteiger partial charge in [0, 0.05) is 6.42 Å². The molecule has 2 rings (SSSR count). The highest BCUT2D eigenvalue weighted by Gasteiger charge is 2.24. The van der Waals surface area contributed by atoms with Crippen LogP contribution in [0.15, 0.2) is 48.5 Å². The molecular formula is C21H23NO7. The molecule has 0 fully saturated rings. The molecule has 0 spiro atoms. The topological polar surface area (TPSA) is 100 Å². The molecule has 0 aliphatic carbocycles. The van der Waals surface area contributed by atoms with E-state index < -0.39 is 30.5 Å². The highest BCUT2D eigenvalue weighted by atomic mass is 16.5. The van der Waals surface area contributed by atoms with E-state index in [1.807, 2.05) is 30.3 Å². The number of nitrogens with one attached hydrogen (secondary N) is 1. The van der Waals surface area contributed by atoms with Crippen LogP contribution in [0.3, 0.4) is 0 Å². The van der Waals surface area contributed by atoms with Crippen LogP contribution in [0.25, 0.3) is 0 Å². The number of hydrogen-bond acceptors (Lipinski definition) is 7. The van der Waals surface area contributed by atoms with Gasteiger partial charge in [0.1, 0.15) is 23.1 Å². The summed E-state index contributed by atoms with van der Waals surface area (Å²) in [5, 5.41) is 2.53. The van der Waals surface area contributed by atoms with E-state index in [1.54, 1.807) is 18.2 Å². The fraction of sp³-hybridized carbons (Fsp3) is 0.286. The minimum atomic E-state index is -0.908. The molecule has 8 heteroatoms. The van der Waals surface area contributed by atoms with Gasteiger partial charge in [0.25, 0.3) is 5.91 Å². The number of carbonyl (C=O) groups is 3. The quantitative estimate of drug-likeness (QED) is 0.639. The monoisotopic (exact) mass is 401 g/mol. The predicted molar refractivity (Wildman–Crippen MR) is 104 cm³/mol. The summed E-state index contributed by atoms with van der Waals surface area (Å²) in [7, 11) is 4.05. The normalized spacial score (nSPS) is 11.1. The van der Waals surface area contributed by atoms with Crippen molar-refractivity contribution >= 4 is 17.8 Å². The van der Waals surface area contributed by atoms with Crippen molar-refractivity contribution in [3.8, 4) is 11.5 Å². The molecule has 0 aromatic heterocycles. The fourth-order valence-corrected chi connectivity index (χ4v) is 2.68. The minimum absolute atomic E-state index is 0.0686. The number of hydrogen-bond donors (Lipinski definition) is 1. The van der Waals surface area contributed by atoms with Gasteiger partial charge in [0.05, 0.1) is 21.3 Å². The first kappa shape index (κ1) is 21.7. The van der Waals surface area contributed by atoms with Gasteiger partial charge >= 0.3 is 11.9 Å². The van der Waals surface area contributed by atoms with Crippen molar-refractivity contribution in [3.63, 3.8) is 0 Å². The van der Waals surface area contributed by atoms with Crippen LogP contribution in [0, 0.1) is 0 Å². The first-order chi connectivity index (χ1) is 14.0. The number of esters is 2. The Kier molecular flexibility index (Phi) is 8.02. The maximum atomic E-state index is 12.4. The molecule has 2 aromatic carbocycles. The maximum absolute atomic E-state index is 12.4. The molecule has 1 N–H and O–H groups in total. The molecule has 0 radical (unpaired) electrons. The maximum Gasteiger partial charge on any atom is 0.346 e. The summed E-state index contributed by atoms with van der Waals surface area (Å²) in [6.07, 6.45) is 0.244. The molecule has 8 nitrogen and oxygen atoms in total. The summed E-state index contributed by atoms with van der Waals surface area (Å²) in [6, 6.07) is 13.1. The Morgan fingerprint density at radius 1 is 0.897 bits per heavy atom. The zero-order chi connectivity index (χ0) is 21.2. The van der Waals surface area contributed by atoms with Crippen LogP contribution in [0.2, 0.25) is 0 Å². The molecule has 0 saturated heterocycles. The molecule has 154 valence electrons. The Bertz CT molecular complexity index is 829. The lowest BCUT2D eigenvalue weighted by atomic mass is 10.1. The van der Waals surface area contributed by atoms with E-state index in [9.17, 15) is 14.4 Å². The molecule has 0 aliphatic heterocycles. The highest BCUT2D eigenvalue weighted by molar-refractivity contribution is 5.97. The fourth-order valence-electron chi connectivity index (χ4n) is 2.68. The summed E-state index contributed by atoms with van der Waals surface area (Å²) >= 11 is 0. The summed E-state index contributed by atoms with van der Waals surface area (Å²) < 4.78 is 20.1. The lowest BCUT2D eigenvalue weighted by Gasteiger charge is -2.17. The van der Waals surface area contributed by atoms with Gasteiger partial charge in [-0.1, -0.05) is 36.4 Å². The highest BCUT2D eigenvalue weighted by Crippen LogP contribution is 2.28. The largest absolute Gasteiger partial charge is 0.496 e. The van der Waals surface area contributed by atoms with E-state index in [0.29, 0.717) is 0 Å². The van der Waals surface area contributed by atoms with Gasteiger partial charge in [-0.25, -0.2) is 9.59 Å². The Balaban J connectivity index is 2.02. The number of benzene rings is 2. The third-order valence-electron chi connectivity index (χ3n) is 4.07. The van der Waals surface area contributed by atoms with Crippen molar-refractivity contribution < 1.29 is 33.3 Å². The van der Waals surface area contributed by atoms with Crippen molar-refractivity contribution in [2.24, 2.45) is 0 Å². The van der Waals surface area contributed by atoms with E-state index in [0.717, 1.165) is 5.56 Å². The number of methoxy groups -OCH3 is 3. The van der Waals surface area contributed by atoms with E-state index in [1.165, 1.54) is 21.3 Å². The second kappa shape index (κ2) is 10.7. The van der Waals surface area contributed by atoms with E-state index >= 15 is 0 Å². The molecule has 2 aromatic rings. The lowest BCUT2D eigenvalue weighted by Crippen LogP contribution is -2.44. The number of amides is 1. The van der Waals surface area contributed by atoms with Crippen molar-refractivity contribution in [1.29, 1.82) is 0 Å². The van der Waals surface area contributed by atoms with Crippen LogP contribution in [-0.4, -0.2) is 51.8 Å². The lowest BCUT2D eigenvalue weighted by molar-refractivity contribution is -0.145. The second-order valence-corrected chi connectivity index (χ2v) is 5.95. The van der Waals surface area contributed by atoms with E-state index in [2.05, 4.69) is 5.32 Å². The second-order valence-electron chi connectivity index (χ2n) is 5.95. The third kappa shape index (κ3) is 5.97. The molecule has 1 unspecified atom stereocenters. The Hall–Kier alpha value is -3.55. The molecule has 0 saturated carbocycles. The standard InChI is InChI=1S/C21H23NO7/c1-26-16-10-7-11-17(27-2)19(16)21(25)29-13-18(23)22-15(20(24)28-3)12-14-8-5-4-6-9-14/h4-11,15H,12-13H2,1-3H3,(H,22,23). The van der Waals surface area contributed by atoms with Crippen molar-refractivity contribution in [2.45, 2.75) is 12.5 Å². The van der Waals surface area contributed by atoms with E-state index in [-0.39, 0.29) is 23.5 Å². The molecule has 29 heavy (non-hydrogen) atoms. The SMILES string of the molecule is COC(=O)C(Cc1ccccc1)NC(=O)COC(=O)c1c(OC)cccc1OC. The third-order valence-corrected chi connectivity index (χ3v) is 4.07. The Labute approximate surface area is 168 Å². The van der Waals surface area contributed by atoms with Gasteiger partial charge in [-0.2, -0.15) is 0 Å². The van der Waals surface area contributed by atoms with Gasteiger partial charge < -0.3 is 24.3 Å². The van der Waals surface area contributed by atoms with Crippen molar-refractivity contribution in [3.05, 3.63) is 59.7 Å². The average Bonchev–Trinajstić information content (AvgIpc) is 2.76. The Morgan fingerprint density at radius 2 is 1.52 bits per heavy atom. The summed E-state index contributed by atoms with van der Waals surface area (Å²) in [6.45, 7) is -0.581. The predicted octanol–water partition coefficient (Wildman–Crippen LogP) is 1.76. The van der Waals surface area contributed by atoms with Gasteiger partial charge in [-0.15, -0.1) is 0 Å². The minimum Gasteiger partial charge on any atom is -0.496 e. The number of ether oxygens (including phenoxy) is 4. The van der Waals surface area contributed by atoms with Crippen molar-refractivity contribution in [1.82, 2.24) is 5.32 Å². The zero-order valence-corrected chi connectivity index (χ0v) is 16.5. The van der Waals surface area contributed by atoms with Crippen LogP contribution >= 0.6 is 0 Å². The van der Waals surface area contributed by atoms with Gasteiger partial charge in [0.2, 0.25) is 0 Å². The number of carbonyl (C=O) groups excluding carboxylic acids is 3. The van der Waals surface area contributed by atoms with Gasteiger partial charge in [0.15, 0.2) is 6.61 Å². The molecule has 1 atom stereocenters. The first-order valence-corrected chi connectivity index (χ1v) is 8.79. The molecule has 0 aliphatic rings. The smallest absolute Gasteiger partial charge is 0.346 e. The van der Waals surface area contributed by atoms with Crippen molar-refractivity contribution in [2.75, 3.05) is 27.9 Å². The van der Waals surface area contributed by atoms with Gasteiger partial charge in [-0.3, -0.25) is 4.79 Å². The van der Waals surface area contributed by atoms with Gasteiger partial charge in [-0.05, 0) is 17.7 Å². The molecular weight excluding hydrogens is 378 g/mol. The Morgan fingerprint density at radius 3 is 2.07 bits per heavy atom. The molecule has 0 bridgehead atoms. The zero-order valence-electron chi connectivity index (χ0n) is 16.5. The summed E-state index contributed by atoms with van der Waals surface area (Å²) in [5.74, 6) is -1.51. The summed E-state index contributed by atoms with van der Waals surface area (Å²) in [5.41, 5.74) is 0.915. The summed E-state index contributed by atoms with van der Waals surface area (Å²) in [4.78, 5) is 36.7. The van der Waals surface area contributed by atoms with Crippen LogP contribution < -0.4 is 14.8 Å². The molecule has 1 amide bonds. The first-order valence-electron chi connectivity index (χ1n) is 8.79. The van der Waals surface area contributed by atoms with Crippen LogP contribution in [0.4, 0.5) is 0 Å². The van der Waals surface area contributed by atoms with Crippen LogP contribution in [0.1, 0.15) is 15.9 Å². The molecule has 0 heterocycles. The van der Waals surface area contributed by atoms with Crippen LogP contribution in [0.5, 0.6) is 11.5 Å².